The fraction of sp³-hybridized carbons (Fsp3) is 0.714. The number of aliphatic hydroxyl groups excluding tert-OH is 1. The molecule has 0 bridgehead atoms. The molecule has 0 saturated carbocycles. The first-order valence-electron chi connectivity index (χ1n) is 3.36. The summed E-state index contributed by atoms with van der Waals surface area (Å²) in [6.07, 6.45) is 5.85. The zero-order valence-corrected chi connectivity index (χ0v) is 5.67. The molecule has 0 heterocycles. The summed E-state index contributed by atoms with van der Waals surface area (Å²) in [7, 11) is 1.86. The van der Waals surface area contributed by atoms with Gasteiger partial charge in [0.25, 0.3) is 0 Å². The number of aliphatic hydroxyl groups is 1. The Kier molecular flexibility index (Phi) is 2.25. The van der Waals surface area contributed by atoms with Crippen LogP contribution in [0.4, 0.5) is 0 Å². The fourth-order valence-corrected chi connectivity index (χ4v) is 1.11. The maximum atomic E-state index is 9.26. The van der Waals surface area contributed by atoms with Gasteiger partial charge >= 0.3 is 0 Å². The molecule has 2 heteroatoms. The summed E-state index contributed by atoms with van der Waals surface area (Å²) < 4.78 is 0. The molecular formula is C7H13NO. The molecule has 0 aliphatic heterocycles. The van der Waals surface area contributed by atoms with Gasteiger partial charge in [0.1, 0.15) is 0 Å². The summed E-state index contributed by atoms with van der Waals surface area (Å²) in [4.78, 5) is 0. The van der Waals surface area contributed by atoms with Gasteiger partial charge in [-0.25, -0.2) is 0 Å². The van der Waals surface area contributed by atoms with E-state index in [1.165, 1.54) is 0 Å². The molecule has 2 atom stereocenters. The largest absolute Gasteiger partial charge is 0.391 e. The number of nitrogens with one attached hydrogen (secondary N) is 1. The smallest absolute Gasteiger partial charge is 0.0731 e. The van der Waals surface area contributed by atoms with E-state index in [1.807, 2.05) is 13.1 Å². The highest BCUT2D eigenvalue weighted by molar-refractivity contribution is 5.01. The maximum Gasteiger partial charge on any atom is 0.0731 e. The average molecular weight is 127 g/mol. The van der Waals surface area contributed by atoms with Crippen LogP contribution in [0.3, 0.4) is 0 Å². The first kappa shape index (κ1) is 6.78. The molecule has 0 fully saturated rings. The van der Waals surface area contributed by atoms with Gasteiger partial charge in [0, 0.05) is 0 Å². The monoisotopic (exact) mass is 127 g/mol. The minimum atomic E-state index is -0.181. The molecule has 1 aliphatic rings. The molecule has 2 nitrogen and oxygen atoms in total. The summed E-state index contributed by atoms with van der Waals surface area (Å²) >= 11 is 0. The quantitative estimate of drug-likeness (QED) is 0.496. The van der Waals surface area contributed by atoms with Crippen molar-refractivity contribution in [1.29, 1.82) is 0 Å². The third-order valence-electron chi connectivity index (χ3n) is 1.72. The minimum absolute atomic E-state index is 0.179. The molecule has 0 saturated heterocycles. The van der Waals surface area contributed by atoms with Crippen molar-refractivity contribution in [3.8, 4) is 0 Å². The van der Waals surface area contributed by atoms with E-state index in [0.29, 0.717) is 0 Å². The van der Waals surface area contributed by atoms with Crippen molar-refractivity contribution in [1.82, 2.24) is 5.32 Å². The van der Waals surface area contributed by atoms with Gasteiger partial charge in [-0.2, -0.15) is 0 Å². The Balaban J connectivity index is 2.46. The van der Waals surface area contributed by atoms with E-state index in [-0.39, 0.29) is 12.1 Å². The molecule has 1 aliphatic carbocycles. The van der Waals surface area contributed by atoms with Gasteiger partial charge in [0.2, 0.25) is 0 Å². The fourth-order valence-electron chi connectivity index (χ4n) is 1.11. The number of likely N-dealkylation sites (N-methyl/N-ethyl adjacent to an activating group) is 1. The second-order valence-electron chi connectivity index (χ2n) is 2.39. The van der Waals surface area contributed by atoms with E-state index in [1.54, 1.807) is 0 Å². The van der Waals surface area contributed by atoms with Crippen LogP contribution in [0.1, 0.15) is 12.8 Å². The van der Waals surface area contributed by atoms with Crippen LogP contribution >= 0.6 is 0 Å². The van der Waals surface area contributed by atoms with Gasteiger partial charge in [-0.1, -0.05) is 12.2 Å². The maximum absolute atomic E-state index is 9.26. The molecule has 0 aromatic heterocycles. The van der Waals surface area contributed by atoms with E-state index in [9.17, 15) is 5.11 Å². The molecule has 0 aromatic carbocycles. The van der Waals surface area contributed by atoms with Crippen LogP contribution in [0.5, 0.6) is 0 Å². The summed E-state index contributed by atoms with van der Waals surface area (Å²) in [5.74, 6) is 0. The van der Waals surface area contributed by atoms with Crippen molar-refractivity contribution >= 4 is 0 Å². The van der Waals surface area contributed by atoms with Gasteiger partial charge < -0.3 is 10.4 Å². The Morgan fingerprint density at radius 2 is 2.44 bits per heavy atom. The number of rotatable bonds is 1. The Morgan fingerprint density at radius 3 is 2.89 bits per heavy atom. The lowest BCUT2D eigenvalue weighted by Gasteiger charge is -2.21. The number of hydrogen-bond donors (Lipinski definition) is 2. The van der Waals surface area contributed by atoms with Gasteiger partial charge in [0.05, 0.1) is 12.1 Å². The van der Waals surface area contributed by atoms with Crippen LogP contribution in [0, 0.1) is 0 Å². The molecule has 52 valence electrons. The van der Waals surface area contributed by atoms with Crippen molar-refractivity contribution in [3.63, 3.8) is 0 Å². The molecule has 0 spiro atoms. The third kappa shape index (κ3) is 1.53. The van der Waals surface area contributed by atoms with Gasteiger partial charge in [-0.15, -0.1) is 0 Å². The van der Waals surface area contributed by atoms with Gasteiger partial charge in [0.15, 0.2) is 0 Å². The van der Waals surface area contributed by atoms with E-state index < -0.39 is 0 Å². The molecule has 0 radical (unpaired) electrons. The van der Waals surface area contributed by atoms with Crippen LogP contribution in [0.2, 0.25) is 0 Å². The van der Waals surface area contributed by atoms with E-state index in [4.69, 9.17) is 0 Å². The number of hydrogen-bond acceptors (Lipinski definition) is 2. The molecule has 0 aromatic rings. The summed E-state index contributed by atoms with van der Waals surface area (Å²) in [6.45, 7) is 0. The van der Waals surface area contributed by atoms with Crippen molar-refractivity contribution < 1.29 is 5.11 Å². The SMILES string of the molecule is CN[C@H]1C=CCC[C@@H]1O. The van der Waals surface area contributed by atoms with Crippen molar-refractivity contribution in [2.75, 3.05) is 7.05 Å². The highest BCUT2D eigenvalue weighted by Crippen LogP contribution is 2.10. The predicted molar refractivity (Wildman–Crippen MR) is 37.2 cm³/mol. The van der Waals surface area contributed by atoms with E-state index in [2.05, 4.69) is 11.4 Å². The lowest BCUT2D eigenvalue weighted by atomic mass is 10.00. The van der Waals surface area contributed by atoms with Gasteiger partial charge in [-0.3, -0.25) is 0 Å². The van der Waals surface area contributed by atoms with E-state index in [0.717, 1.165) is 12.8 Å². The Labute approximate surface area is 55.6 Å². The first-order valence-corrected chi connectivity index (χ1v) is 3.36. The second-order valence-corrected chi connectivity index (χ2v) is 2.39. The molecule has 9 heavy (non-hydrogen) atoms. The first-order chi connectivity index (χ1) is 4.34. The molecule has 2 N–H and O–H groups in total. The predicted octanol–water partition coefficient (Wildman–Crippen LogP) is 0.285. The summed E-state index contributed by atoms with van der Waals surface area (Å²) in [5.41, 5.74) is 0. The lowest BCUT2D eigenvalue weighted by Crippen LogP contribution is -2.37. The van der Waals surface area contributed by atoms with Crippen LogP contribution in [0.15, 0.2) is 12.2 Å². The second kappa shape index (κ2) is 2.99. The third-order valence-corrected chi connectivity index (χ3v) is 1.72. The van der Waals surface area contributed by atoms with Gasteiger partial charge in [-0.05, 0) is 19.9 Å². The highest BCUT2D eigenvalue weighted by Gasteiger charge is 2.15. The Morgan fingerprint density at radius 1 is 1.67 bits per heavy atom. The number of allylic oxidation sites excluding steroid dienone is 1. The topological polar surface area (TPSA) is 32.3 Å². The standard InChI is InChI=1S/C7H13NO/c1-8-6-4-2-3-5-7(6)9/h2,4,6-9H,3,5H2,1H3/t6-,7-/m0/s1. The Hall–Kier alpha value is -0.340. The minimum Gasteiger partial charge on any atom is -0.391 e. The lowest BCUT2D eigenvalue weighted by molar-refractivity contribution is 0.135. The van der Waals surface area contributed by atoms with Crippen molar-refractivity contribution in [2.24, 2.45) is 0 Å². The van der Waals surface area contributed by atoms with Crippen LogP contribution in [-0.2, 0) is 0 Å². The van der Waals surface area contributed by atoms with Crippen LogP contribution in [0.25, 0.3) is 0 Å². The average Bonchev–Trinajstić information content (AvgIpc) is 1.89. The molecule has 0 unspecified atom stereocenters. The van der Waals surface area contributed by atoms with Crippen molar-refractivity contribution in [3.05, 3.63) is 12.2 Å². The normalized spacial score (nSPS) is 34.9. The Bertz CT molecular complexity index is 111. The molecule has 1 rings (SSSR count). The van der Waals surface area contributed by atoms with Crippen LogP contribution in [-0.4, -0.2) is 24.3 Å². The van der Waals surface area contributed by atoms with E-state index >= 15 is 0 Å². The molecular weight excluding hydrogens is 114 g/mol. The van der Waals surface area contributed by atoms with Crippen LogP contribution < -0.4 is 5.32 Å². The summed E-state index contributed by atoms with van der Waals surface area (Å²) in [5, 5.41) is 12.3. The highest BCUT2D eigenvalue weighted by atomic mass is 16.3. The van der Waals surface area contributed by atoms with Crippen molar-refractivity contribution in [2.45, 2.75) is 25.0 Å². The summed E-state index contributed by atoms with van der Waals surface area (Å²) in [6, 6.07) is 0.179. The zero-order chi connectivity index (χ0) is 6.69. The molecule has 0 amide bonds. The zero-order valence-electron chi connectivity index (χ0n) is 5.67.